The zero-order valence-electron chi connectivity index (χ0n) is 7.91. The van der Waals surface area contributed by atoms with Crippen LogP contribution in [0.25, 0.3) is 0 Å². The number of rotatable bonds is 1. The smallest absolute Gasteiger partial charge is 0.472 e. The fourth-order valence-electron chi connectivity index (χ4n) is 1.61. The summed E-state index contributed by atoms with van der Waals surface area (Å²) in [7, 11) is -3.86. The van der Waals surface area contributed by atoms with E-state index in [4.69, 9.17) is 23.8 Å². The van der Waals surface area contributed by atoms with Crippen LogP contribution in [0.2, 0.25) is 0 Å². The van der Waals surface area contributed by atoms with Gasteiger partial charge in [-0.05, 0) is 0 Å². The Labute approximate surface area is 111 Å². The van der Waals surface area contributed by atoms with Crippen molar-refractivity contribution < 1.29 is 59.5 Å². The Morgan fingerprint density at radius 2 is 2.07 bits per heavy atom. The van der Waals surface area contributed by atoms with Crippen molar-refractivity contribution in [1.82, 2.24) is 0 Å². The van der Waals surface area contributed by atoms with Crippen molar-refractivity contribution in [1.29, 1.82) is 0 Å². The van der Waals surface area contributed by atoms with Gasteiger partial charge in [0.1, 0.15) is 0 Å². The molecule has 8 heteroatoms. The number of aliphatic hydroxyl groups excluding tert-OH is 1. The third-order valence-corrected chi connectivity index (χ3v) is 3.34. The van der Waals surface area contributed by atoms with Crippen molar-refractivity contribution in [3.63, 3.8) is 0 Å². The minimum absolute atomic E-state index is 0. The number of ether oxygens (including phenoxy) is 1. The summed E-state index contributed by atoms with van der Waals surface area (Å²) in [5.74, 6) is 0. The first-order chi connectivity index (χ1) is 6.61. The molecule has 86 valence electrons. The number of hydrogen-bond donors (Lipinski definition) is 2. The molecule has 1 unspecified atom stereocenters. The van der Waals surface area contributed by atoms with Gasteiger partial charge in [0.2, 0.25) is 0 Å². The quantitative estimate of drug-likeness (QED) is 0.429. The van der Waals surface area contributed by atoms with E-state index in [0.29, 0.717) is 12.8 Å². The normalized spacial score (nSPS) is 45.3. The first-order valence-electron chi connectivity index (χ1n) is 4.38. The van der Waals surface area contributed by atoms with Crippen molar-refractivity contribution in [3.8, 4) is 0 Å². The van der Waals surface area contributed by atoms with Crippen LogP contribution < -0.4 is 0 Å². The fraction of sp³-hybridized carbons (Fsp3) is 0.857. The van der Waals surface area contributed by atoms with E-state index in [2.05, 4.69) is 0 Å². The second-order valence-electron chi connectivity index (χ2n) is 3.34. The topological polar surface area (TPSA) is 85.2 Å². The molecule has 0 aromatic rings. The van der Waals surface area contributed by atoms with Gasteiger partial charge in [0.05, 0.1) is 18.8 Å². The summed E-state index contributed by atoms with van der Waals surface area (Å²) < 4.78 is 25.9. The summed E-state index contributed by atoms with van der Waals surface area (Å²) in [4.78, 5) is 9.07. The maximum absolute atomic E-state index is 11.1. The van der Waals surface area contributed by atoms with Crippen LogP contribution in [0.5, 0.6) is 0 Å². The van der Waals surface area contributed by atoms with Gasteiger partial charge in [-0.3, -0.25) is 9.05 Å². The summed E-state index contributed by atoms with van der Waals surface area (Å²) in [5, 5.41) is 8.89. The third-order valence-electron chi connectivity index (χ3n) is 2.27. The van der Waals surface area contributed by atoms with Gasteiger partial charge < -0.3 is 14.7 Å². The molecule has 0 aliphatic carbocycles. The number of aliphatic hydroxyl groups is 1. The van der Waals surface area contributed by atoms with Crippen LogP contribution >= 0.6 is 7.82 Å². The van der Waals surface area contributed by atoms with Crippen LogP contribution in [-0.2, 0) is 18.3 Å². The Balaban J connectivity index is 0.00000112. The molecule has 6 nitrogen and oxygen atoms in total. The molecule has 0 spiro atoms. The van der Waals surface area contributed by atoms with E-state index in [1.165, 1.54) is 6.61 Å². The molecule has 0 saturated carbocycles. The molecule has 0 bridgehead atoms. The van der Waals surface area contributed by atoms with Crippen molar-refractivity contribution in [3.05, 3.63) is 6.61 Å². The Morgan fingerprint density at radius 3 is 2.73 bits per heavy atom. The van der Waals surface area contributed by atoms with Crippen LogP contribution in [-0.4, -0.2) is 34.9 Å². The second-order valence-corrected chi connectivity index (χ2v) is 4.69. The van der Waals surface area contributed by atoms with Gasteiger partial charge in [0.25, 0.3) is 0 Å². The molecule has 2 aliphatic heterocycles. The van der Waals surface area contributed by atoms with Gasteiger partial charge in [0, 0.05) is 43.6 Å². The molecule has 2 N–H and O–H groups in total. The SMILES string of the molecule is O=P1(O)O[C@H]2C[C@@H](CO)O[CH-]C[C@H]2O1.[U]. The molecule has 2 fully saturated rings. The monoisotopic (exact) mass is 461 g/mol. The van der Waals surface area contributed by atoms with Gasteiger partial charge in [-0.1, -0.05) is 0 Å². The summed E-state index contributed by atoms with van der Waals surface area (Å²) in [6.07, 6.45) is -0.538. The third kappa shape index (κ3) is 3.52. The molecular formula is C7H12O6PU-. The van der Waals surface area contributed by atoms with Crippen LogP contribution in [0.1, 0.15) is 12.8 Å². The van der Waals surface area contributed by atoms with E-state index < -0.39 is 20.0 Å². The standard InChI is InChI=1S/C7H12O6P.U/c8-4-5-3-7-6(1-2-11-5)12-14(9,10)13-7;/h2,5-8H,1,3-4H2,(H,9,10);/q-1;/t5-,6+,7-;/m0./s1. The van der Waals surface area contributed by atoms with E-state index in [9.17, 15) is 4.57 Å². The van der Waals surface area contributed by atoms with Crippen molar-refractivity contribution >= 4 is 7.82 Å². The molecule has 2 saturated heterocycles. The van der Waals surface area contributed by atoms with Crippen molar-refractivity contribution in [2.24, 2.45) is 0 Å². The van der Waals surface area contributed by atoms with E-state index in [1.807, 2.05) is 0 Å². The first-order valence-corrected chi connectivity index (χ1v) is 5.88. The molecule has 0 amide bonds. The van der Waals surface area contributed by atoms with Crippen molar-refractivity contribution in [2.45, 2.75) is 31.2 Å². The van der Waals surface area contributed by atoms with Gasteiger partial charge in [-0.2, -0.15) is 0 Å². The zero-order chi connectivity index (χ0) is 10.2. The van der Waals surface area contributed by atoms with Crippen LogP contribution in [0.3, 0.4) is 0 Å². The van der Waals surface area contributed by atoms with Gasteiger partial charge in [0.15, 0.2) is 0 Å². The van der Waals surface area contributed by atoms with E-state index in [-0.39, 0.29) is 43.8 Å². The predicted octanol–water partition coefficient (Wildman–Crippen LogP) is 0.204. The van der Waals surface area contributed by atoms with Gasteiger partial charge in [-0.15, -0.1) is 6.42 Å². The van der Waals surface area contributed by atoms with Gasteiger partial charge >= 0.3 is 7.82 Å². The fourth-order valence-corrected chi connectivity index (χ4v) is 2.79. The van der Waals surface area contributed by atoms with Crippen LogP contribution in [0.4, 0.5) is 0 Å². The molecular weight excluding hydrogens is 449 g/mol. The molecule has 15 heavy (non-hydrogen) atoms. The number of phosphoric acid groups is 1. The van der Waals surface area contributed by atoms with E-state index in [0.717, 1.165) is 0 Å². The molecule has 0 aromatic heterocycles. The van der Waals surface area contributed by atoms with Crippen LogP contribution in [0, 0.1) is 37.7 Å². The minimum atomic E-state index is -3.86. The summed E-state index contributed by atoms with van der Waals surface area (Å²) >= 11 is 0. The first kappa shape index (κ1) is 14.1. The number of fused-ring (bicyclic) bond motifs is 1. The summed E-state index contributed by atoms with van der Waals surface area (Å²) in [5.41, 5.74) is 0. The average molecular weight is 461 g/mol. The van der Waals surface area contributed by atoms with E-state index >= 15 is 0 Å². The Bertz CT molecular complexity index is 262. The predicted molar refractivity (Wildman–Crippen MR) is 45.1 cm³/mol. The molecule has 4 atom stereocenters. The second kappa shape index (κ2) is 5.61. The molecule has 2 rings (SSSR count). The Hall–Kier alpha value is 1.08. The summed E-state index contributed by atoms with van der Waals surface area (Å²) in [6.45, 7) is 1.35. The van der Waals surface area contributed by atoms with Crippen LogP contribution in [0.15, 0.2) is 0 Å². The molecule has 2 heterocycles. The minimum Gasteiger partial charge on any atom is -0.548 e. The van der Waals surface area contributed by atoms with Crippen molar-refractivity contribution in [2.75, 3.05) is 6.61 Å². The summed E-state index contributed by atoms with van der Waals surface area (Å²) in [6, 6.07) is 0. The van der Waals surface area contributed by atoms with Gasteiger partial charge in [-0.25, -0.2) is 11.2 Å². The number of hydrogen-bond acceptors (Lipinski definition) is 5. The Morgan fingerprint density at radius 1 is 1.40 bits per heavy atom. The maximum Gasteiger partial charge on any atom is 0.472 e. The molecule has 2 aliphatic rings. The largest absolute Gasteiger partial charge is 0.548 e. The molecule has 0 aromatic carbocycles. The average Bonchev–Trinajstić information content (AvgIpc) is 2.30. The number of phosphoric ester groups is 1. The Kier molecular flexibility index (Phi) is 5.29. The zero-order valence-corrected chi connectivity index (χ0v) is 13.0. The molecule has 0 radical (unpaired) electrons. The maximum atomic E-state index is 11.1. The van der Waals surface area contributed by atoms with E-state index in [1.54, 1.807) is 0 Å².